The van der Waals surface area contributed by atoms with Gasteiger partial charge in [0.2, 0.25) is 0 Å². The lowest BCUT2D eigenvalue weighted by Gasteiger charge is -2.43. The Kier molecular flexibility index (Phi) is 10.6. The molecule has 0 bridgehead atoms. The number of ether oxygens (including phenoxy) is 2. The van der Waals surface area contributed by atoms with E-state index in [9.17, 15) is 14.7 Å². The number of benzene rings is 2. The summed E-state index contributed by atoms with van der Waals surface area (Å²) in [6, 6.07) is 12.2. The van der Waals surface area contributed by atoms with Crippen molar-refractivity contribution in [1.29, 1.82) is 0 Å². The molecule has 240 valence electrons. The van der Waals surface area contributed by atoms with Crippen LogP contribution in [0.25, 0.3) is 0 Å². The van der Waals surface area contributed by atoms with Gasteiger partial charge in [-0.1, -0.05) is 71.7 Å². The predicted molar refractivity (Wildman–Crippen MR) is 181 cm³/mol. The smallest absolute Gasteiger partial charge is 0.169 e. The molecule has 2 aromatic carbocycles. The van der Waals surface area contributed by atoms with Gasteiger partial charge in [0.1, 0.15) is 0 Å². The van der Waals surface area contributed by atoms with Crippen LogP contribution in [0.2, 0.25) is 0 Å². The second-order valence-corrected chi connectivity index (χ2v) is 16.2. The van der Waals surface area contributed by atoms with E-state index in [0.717, 1.165) is 71.8 Å². The van der Waals surface area contributed by atoms with Gasteiger partial charge in [0, 0.05) is 51.2 Å². The number of methoxy groups -OCH3 is 1. The minimum absolute atomic E-state index is 0.184. The average molecular weight is 733 g/mol. The molecule has 5 nitrogen and oxygen atoms in total. The second-order valence-electron chi connectivity index (χ2n) is 14.4. The zero-order valence-electron chi connectivity index (χ0n) is 26.8. The lowest BCUT2D eigenvalue weighted by atomic mass is 9.63. The van der Waals surface area contributed by atoms with Crippen LogP contribution in [0.15, 0.2) is 45.3 Å². The maximum absolute atomic E-state index is 13.0. The maximum Gasteiger partial charge on any atom is 0.169 e. The van der Waals surface area contributed by atoms with Crippen molar-refractivity contribution in [3.63, 3.8) is 0 Å². The summed E-state index contributed by atoms with van der Waals surface area (Å²) in [5.74, 6) is 1.91. The molecule has 1 N–H and O–H groups in total. The number of rotatable bonds is 1. The number of aliphatic hydroxyl groups excluding tert-OH is 1. The third-order valence-corrected chi connectivity index (χ3v) is 11.9. The van der Waals surface area contributed by atoms with Crippen molar-refractivity contribution in [2.24, 2.45) is 34.5 Å². The van der Waals surface area contributed by atoms with Crippen molar-refractivity contribution in [2.75, 3.05) is 20.3 Å². The number of hydrogen-bond acceptors (Lipinski definition) is 5. The van der Waals surface area contributed by atoms with E-state index in [4.69, 9.17) is 9.47 Å². The Bertz CT molecular complexity index is 1340. The summed E-state index contributed by atoms with van der Waals surface area (Å²) < 4.78 is 12.5. The molecule has 2 spiro atoms. The molecule has 2 aromatic rings. The molecule has 1 aliphatic heterocycles. The van der Waals surface area contributed by atoms with Crippen molar-refractivity contribution < 1.29 is 24.2 Å². The van der Waals surface area contributed by atoms with Gasteiger partial charge in [0.15, 0.2) is 11.6 Å². The number of carbonyl (C=O) groups excluding carboxylic acids is 2. The van der Waals surface area contributed by atoms with Crippen LogP contribution in [0.4, 0.5) is 0 Å². The second kappa shape index (κ2) is 13.8. The topological polar surface area (TPSA) is 72.8 Å². The summed E-state index contributed by atoms with van der Waals surface area (Å²) in [4.78, 5) is 25.8. The Balaban J connectivity index is 0.000000151. The quantitative estimate of drug-likeness (QED) is 0.318. The van der Waals surface area contributed by atoms with Gasteiger partial charge in [-0.15, -0.1) is 0 Å². The minimum atomic E-state index is -0.270. The van der Waals surface area contributed by atoms with Crippen LogP contribution < -0.4 is 0 Å². The molecule has 3 fully saturated rings. The highest BCUT2D eigenvalue weighted by molar-refractivity contribution is 9.10. The Morgan fingerprint density at radius 3 is 1.50 bits per heavy atom. The first-order valence-electron chi connectivity index (χ1n) is 16.3. The zero-order chi connectivity index (χ0) is 31.8. The van der Waals surface area contributed by atoms with Gasteiger partial charge in [0.05, 0.1) is 12.2 Å². The molecule has 44 heavy (non-hydrogen) atoms. The van der Waals surface area contributed by atoms with E-state index >= 15 is 0 Å². The number of aliphatic hydroxyl groups is 1. The molecule has 0 amide bonds. The van der Waals surface area contributed by atoms with Gasteiger partial charge in [-0.3, -0.25) is 9.59 Å². The SMILES string of the molecule is C1CCOC1.COC1[C@H](C)CC2(Cc3ccc(Br)cc3C2=O)C[C@@H]1C.C[C@@H]1CC2(Cc3ccc(Br)cc3C2=O)C[C@H](C)C1O. The van der Waals surface area contributed by atoms with E-state index in [-0.39, 0.29) is 40.7 Å². The molecule has 1 saturated heterocycles. The molecule has 7 heteroatoms. The van der Waals surface area contributed by atoms with Crippen LogP contribution in [0.5, 0.6) is 0 Å². The summed E-state index contributed by atoms with van der Waals surface area (Å²) in [6.45, 7) is 10.6. The number of ketones is 2. The van der Waals surface area contributed by atoms with Crippen molar-refractivity contribution in [3.05, 3.63) is 67.6 Å². The lowest BCUT2D eigenvalue weighted by Crippen LogP contribution is -2.44. The van der Waals surface area contributed by atoms with Crippen LogP contribution in [-0.2, 0) is 22.3 Å². The van der Waals surface area contributed by atoms with Crippen LogP contribution >= 0.6 is 31.9 Å². The summed E-state index contributed by atoms with van der Waals surface area (Å²) in [5, 5.41) is 10.1. The molecule has 0 aromatic heterocycles. The fraction of sp³-hybridized carbons (Fsp3) is 0.622. The van der Waals surface area contributed by atoms with Gasteiger partial charge >= 0.3 is 0 Å². The summed E-state index contributed by atoms with van der Waals surface area (Å²) >= 11 is 6.92. The first-order chi connectivity index (χ1) is 20.9. The number of hydrogen-bond donors (Lipinski definition) is 1. The molecule has 1 heterocycles. The van der Waals surface area contributed by atoms with E-state index < -0.39 is 0 Å². The lowest BCUT2D eigenvalue weighted by molar-refractivity contribution is -0.0426. The van der Waals surface area contributed by atoms with Crippen LogP contribution in [-0.4, -0.2) is 49.2 Å². The first-order valence-corrected chi connectivity index (χ1v) is 17.9. The highest BCUT2D eigenvalue weighted by Gasteiger charge is 2.52. The molecular formula is C37H48Br2O5. The van der Waals surface area contributed by atoms with Crippen molar-refractivity contribution in [1.82, 2.24) is 0 Å². The molecule has 4 aliphatic carbocycles. The van der Waals surface area contributed by atoms with Gasteiger partial charge < -0.3 is 14.6 Å². The number of Topliss-reactive ketones (excluding diaryl/α,β-unsaturated/α-hetero) is 2. The highest BCUT2D eigenvalue weighted by Crippen LogP contribution is 2.52. The van der Waals surface area contributed by atoms with Crippen LogP contribution in [0.1, 0.15) is 98.1 Å². The Morgan fingerprint density at radius 2 is 1.14 bits per heavy atom. The third kappa shape index (κ3) is 6.69. The predicted octanol–water partition coefficient (Wildman–Crippen LogP) is 8.65. The fourth-order valence-corrected chi connectivity index (χ4v) is 9.87. The number of halogens is 2. The van der Waals surface area contributed by atoms with E-state index in [1.54, 1.807) is 7.11 Å². The van der Waals surface area contributed by atoms with E-state index in [0.29, 0.717) is 17.6 Å². The van der Waals surface area contributed by atoms with E-state index in [2.05, 4.69) is 71.7 Å². The molecule has 0 radical (unpaired) electrons. The summed E-state index contributed by atoms with van der Waals surface area (Å²) in [5.41, 5.74) is 3.75. The molecule has 2 saturated carbocycles. The van der Waals surface area contributed by atoms with Gasteiger partial charge in [-0.2, -0.15) is 0 Å². The first kappa shape index (κ1) is 34.0. The zero-order valence-corrected chi connectivity index (χ0v) is 30.0. The molecule has 5 aliphatic rings. The average Bonchev–Trinajstić information content (AvgIpc) is 3.70. The van der Waals surface area contributed by atoms with Crippen molar-refractivity contribution in [2.45, 2.75) is 91.3 Å². The Hall–Kier alpha value is -1.38. The normalized spacial score (nSPS) is 35.5. The maximum atomic E-state index is 13.0. The van der Waals surface area contributed by atoms with Gasteiger partial charge in [0.25, 0.3) is 0 Å². The molecule has 7 rings (SSSR count). The number of fused-ring (bicyclic) bond motifs is 2. The Morgan fingerprint density at radius 1 is 0.727 bits per heavy atom. The van der Waals surface area contributed by atoms with Crippen molar-refractivity contribution in [3.8, 4) is 0 Å². The van der Waals surface area contributed by atoms with Crippen molar-refractivity contribution >= 4 is 43.4 Å². The largest absolute Gasteiger partial charge is 0.393 e. The summed E-state index contributed by atoms with van der Waals surface area (Å²) in [7, 11) is 1.79. The highest BCUT2D eigenvalue weighted by atomic mass is 79.9. The third-order valence-electron chi connectivity index (χ3n) is 10.9. The standard InChI is InChI=1S/C17H21BrO2.C16H19BrO2.C4H8O/c1-10-7-17(8-11(2)15(10)20-3)9-12-4-5-13(18)6-14(12)16(17)19;1-9-6-16(7-10(2)14(9)18)8-11-3-4-12(17)5-13(11)15(16)19;1-2-4-5-3-1/h4-6,10-11,15H,7-9H2,1-3H3;3-5,9-10,14,18H,6-8H2,1-2H3;1-4H2/t10-,11+,15?,17?;9-,10+,14?,16?;. The van der Waals surface area contributed by atoms with Crippen LogP contribution in [0, 0.1) is 34.5 Å². The molecule has 4 unspecified atom stereocenters. The van der Waals surface area contributed by atoms with Gasteiger partial charge in [-0.25, -0.2) is 0 Å². The Labute approximate surface area is 280 Å². The van der Waals surface area contributed by atoms with Crippen LogP contribution in [0.3, 0.4) is 0 Å². The fourth-order valence-electron chi connectivity index (χ4n) is 9.15. The summed E-state index contributed by atoms with van der Waals surface area (Å²) in [6.07, 6.45) is 7.82. The van der Waals surface area contributed by atoms with E-state index in [1.165, 1.54) is 24.0 Å². The molecule has 8 atom stereocenters. The monoisotopic (exact) mass is 730 g/mol. The number of carbonyl (C=O) groups is 2. The van der Waals surface area contributed by atoms with Gasteiger partial charge in [-0.05, 0) is 110 Å². The molecular weight excluding hydrogens is 684 g/mol. The van der Waals surface area contributed by atoms with E-state index in [1.807, 2.05) is 24.3 Å². The minimum Gasteiger partial charge on any atom is -0.393 e.